The van der Waals surface area contributed by atoms with E-state index < -0.39 is 10.0 Å². The lowest BCUT2D eigenvalue weighted by molar-refractivity contribution is 0.0939. The molecular weight excluding hydrogens is 436 g/mol. The minimum atomic E-state index is -3.97. The van der Waals surface area contributed by atoms with Crippen molar-refractivity contribution in [3.05, 3.63) is 90.0 Å². The van der Waals surface area contributed by atoms with Gasteiger partial charge in [0, 0.05) is 6.04 Å². The van der Waals surface area contributed by atoms with Crippen LogP contribution in [0.2, 0.25) is 0 Å². The molecule has 0 bridgehead atoms. The van der Waals surface area contributed by atoms with Crippen LogP contribution in [0, 0.1) is 0 Å². The first-order valence-electron chi connectivity index (χ1n) is 11.0. The van der Waals surface area contributed by atoms with E-state index in [2.05, 4.69) is 12.2 Å². The van der Waals surface area contributed by atoms with Crippen LogP contribution in [-0.2, 0) is 16.6 Å². The van der Waals surface area contributed by atoms with Crippen LogP contribution in [0.15, 0.2) is 83.8 Å². The van der Waals surface area contributed by atoms with E-state index in [9.17, 15) is 13.2 Å². The number of carbonyl (C=O) groups excluding carboxylic acids is 1. The Kier molecular flexibility index (Phi) is 8.11. The van der Waals surface area contributed by atoms with Gasteiger partial charge in [0.2, 0.25) is 0 Å². The van der Waals surface area contributed by atoms with Gasteiger partial charge in [0.15, 0.2) is 0 Å². The van der Waals surface area contributed by atoms with E-state index in [1.807, 2.05) is 37.3 Å². The smallest absolute Gasteiger partial charge is 0.264 e. The zero-order chi connectivity index (χ0) is 23.8. The molecule has 0 saturated carbocycles. The standard InChI is InChI=1S/C26H30N2O4S/c1-4-10-20(2)27-26(29)24-13-8-9-14-25(24)28(19-21-11-6-5-7-12-21)33(30,31)23-17-15-22(32-3)16-18-23/h5-9,11-18,20H,4,10,19H2,1-3H3,(H,27,29)/t20-/m0/s1. The van der Waals surface area contributed by atoms with Crippen molar-refractivity contribution < 1.29 is 17.9 Å². The number of benzene rings is 3. The predicted molar refractivity (Wildman–Crippen MR) is 131 cm³/mol. The highest BCUT2D eigenvalue weighted by molar-refractivity contribution is 7.92. The number of rotatable bonds is 10. The Hall–Kier alpha value is -3.32. The van der Waals surface area contributed by atoms with Crippen molar-refractivity contribution in [2.45, 2.75) is 44.2 Å². The van der Waals surface area contributed by atoms with E-state index in [1.54, 1.807) is 36.4 Å². The molecule has 0 fully saturated rings. The molecule has 0 aromatic heterocycles. The second kappa shape index (κ2) is 11.0. The fourth-order valence-corrected chi connectivity index (χ4v) is 5.09. The van der Waals surface area contributed by atoms with Gasteiger partial charge in [-0.15, -0.1) is 0 Å². The molecule has 3 rings (SSSR count). The van der Waals surface area contributed by atoms with Crippen LogP contribution in [-0.4, -0.2) is 27.5 Å². The monoisotopic (exact) mass is 466 g/mol. The molecule has 1 N–H and O–H groups in total. The first kappa shape index (κ1) is 24.3. The normalized spacial score (nSPS) is 12.1. The molecular formula is C26H30N2O4S. The summed E-state index contributed by atoms with van der Waals surface area (Å²) in [6.07, 6.45) is 1.78. The molecule has 0 aliphatic rings. The Morgan fingerprint density at radius 3 is 2.24 bits per heavy atom. The summed E-state index contributed by atoms with van der Waals surface area (Å²) in [5.41, 5.74) is 1.45. The molecule has 174 valence electrons. The minimum Gasteiger partial charge on any atom is -0.497 e. The number of anilines is 1. The van der Waals surface area contributed by atoms with Crippen LogP contribution in [0.25, 0.3) is 0 Å². The van der Waals surface area contributed by atoms with Gasteiger partial charge in [-0.25, -0.2) is 8.42 Å². The van der Waals surface area contributed by atoms with Crippen LogP contribution >= 0.6 is 0 Å². The number of amides is 1. The Morgan fingerprint density at radius 2 is 1.61 bits per heavy atom. The average molecular weight is 467 g/mol. The van der Waals surface area contributed by atoms with E-state index in [0.717, 1.165) is 18.4 Å². The molecule has 7 heteroatoms. The molecule has 3 aromatic rings. The first-order chi connectivity index (χ1) is 15.9. The van der Waals surface area contributed by atoms with Gasteiger partial charge in [-0.1, -0.05) is 55.8 Å². The lowest BCUT2D eigenvalue weighted by Gasteiger charge is -2.27. The second-order valence-corrected chi connectivity index (χ2v) is 9.72. The third-order valence-electron chi connectivity index (χ3n) is 5.33. The summed E-state index contributed by atoms with van der Waals surface area (Å²) >= 11 is 0. The van der Waals surface area contributed by atoms with Crippen LogP contribution in [0.3, 0.4) is 0 Å². The van der Waals surface area contributed by atoms with Crippen LogP contribution in [0.5, 0.6) is 5.75 Å². The fourth-order valence-electron chi connectivity index (χ4n) is 3.61. The highest BCUT2D eigenvalue weighted by atomic mass is 32.2. The molecule has 0 aliphatic heterocycles. The predicted octanol–water partition coefficient (Wildman–Crippen LogP) is 5.01. The van der Waals surface area contributed by atoms with Crippen LogP contribution < -0.4 is 14.4 Å². The van der Waals surface area contributed by atoms with E-state index in [0.29, 0.717) is 17.0 Å². The van der Waals surface area contributed by atoms with Gasteiger partial charge in [0.1, 0.15) is 5.75 Å². The van der Waals surface area contributed by atoms with Crippen molar-refractivity contribution in [2.75, 3.05) is 11.4 Å². The van der Waals surface area contributed by atoms with Crippen molar-refractivity contribution in [2.24, 2.45) is 0 Å². The number of sulfonamides is 1. The van der Waals surface area contributed by atoms with Crippen molar-refractivity contribution in [3.63, 3.8) is 0 Å². The Labute approximate surface area is 196 Å². The SMILES string of the molecule is CCC[C@H](C)NC(=O)c1ccccc1N(Cc1ccccc1)S(=O)(=O)c1ccc(OC)cc1. The quantitative estimate of drug-likeness (QED) is 0.456. The molecule has 3 aromatic carbocycles. The molecule has 33 heavy (non-hydrogen) atoms. The molecule has 6 nitrogen and oxygen atoms in total. The molecule has 1 atom stereocenters. The molecule has 1 amide bonds. The van der Waals surface area contributed by atoms with Gasteiger partial charge in [-0.05, 0) is 55.3 Å². The van der Waals surface area contributed by atoms with Gasteiger partial charge in [-0.2, -0.15) is 0 Å². The van der Waals surface area contributed by atoms with Gasteiger partial charge in [0.25, 0.3) is 15.9 Å². The molecule has 0 heterocycles. The van der Waals surface area contributed by atoms with Gasteiger partial charge in [0.05, 0.1) is 29.8 Å². The summed E-state index contributed by atoms with van der Waals surface area (Å²) in [5, 5.41) is 2.99. The second-order valence-electron chi connectivity index (χ2n) is 7.85. The Balaban J connectivity index is 2.08. The molecule has 0 unspecified atom stereocenters. The van der Waals surface area contributed by atoms with E-state index >= 15 is 0 Å². The van der Waals surface area contributed by atoms with Gasteiger partial charge >= 0.3 is 0 Å². The summed E-state index contributed by atoms with van der Waals surface area (Å²) in [6, 6.07) is 22.4. The van der Waals surface area contributed by atoms with Gasteiger partial charge < -0.3 is 10.1 Å². The van der Waals surface area contributed by atoms with Crippen molar-refractivity contribution in [1.82, 2.24) is 5.32 Å². The number of ether oxygens (including phenoxy) is 1. The maximum absolute atomic E-state index is 13.8. The maximum Gasteiger partial charge on any atom is 0.264 e. The molecule has 0 aliphatic carbocycles. The van der Waals surface area contributed by atoms with Crippen LogP contribution in [0.1, 0.15) is 42.6 Å². The summed E-state index contributed by atoms with van der Waals surface area (Å²) in [7, 11) is -2.45. The molecule has 0 radical (unpaired) electrons. The molecule has 0 spiro atoms. The number of methoxy groups -OCH3 is 1. The summed E-state index contributed by atoms with van der Waals surface area (Å²) < 4.78 is 34.0. The van der Waals surface area contributed by atoms with E-state index in [1.165, 1.54) is 23.5 Å². The summed E-state index contributed by atoms with van der Waals surface area (Å²) in [6.45, 7) is 4.09. The third-order valence-corrected chi connectivity index (χ3v) is 7.11. The number of nitrogens with one attached hydrogen (secondary N) is 1. The average Bonchev–Trinajstić information content (AvgIpc) is 2.83. The largest absolute Gasteiger partial charge is 0.497 e. The Bertz CT molecular complexity index is 1160. The van der Waals surface area contributed by atoms with Crippen molar-refractivity contribution in [1.29, 1.82) is 0 Å². The maximum atomic E-state index is 13.8. The number of nitrogens with zero attached hydrogens (tertiary/aromatic N) is 1. The minimum absolute atomic E-state index is 0.0173. The highest BCUT2D eigenvalue weighted by Gasteiger charge is 2.29. The zero-order valence-corrected chi connectivity index (χ0v) is 20.0. The number of para-hydroxylation sites is 1. The first-order valence-corrected chi connectivity index (χ1v) is 12.4. The highest BCUT2D eigenvalue weighted by Crippen LogP contribution is 2.30. The fraction of sp³-hybridized carbons (Fsp3) is 0.269. The lowest BCUT2D eigenvalue weighted by Crippen LogP contribution is -2.36. The topological polar surface area (TPSA) is 75.7 Å². The van der Waals surface area contributed by atoms with E-state index in [4.69, 9.17) is 4.74 Å². The summed E-state index contributed by atoms with van der Waals surface area (Å²) in [5.74, 6) is 0.266. The van der Waals surface area contributed by atoms with Gasteiger partial charge in [-0.3, -0.25) is 9.10 Å². The van der Waals surface area contributed by atoms with Crippen molar-refractivity contribution >= 4 is 21.6 Å². The van der Waals surface area contributed by atoms with Crippen molar-refractivity contribution in [3.8, 4) is 5.75 Å². The zero-order valence-electron chi connectivity index (χ0n) is 19.2. The Morgan fingerprint density at radius 1 is 0.970 bits per heavy atom. The number of carbonyl (C=O) groups is 1. The molecule has 0 saturated heterocycles. The van der Waals surface area contributed by atoms with Crippen LogP contribution in [0.4, 0.5) is 5.69 Å². The number of hydrogen-bond donors (Lipinski definition) is 1. The number of hydrogen-bond acceptors (Lipinski definition) is 4. The van der Waals surface area contributed by atoms with E-state index in [-0.39, 0.29) is 23.4 Å². The summed E-state index contributed by atoms with van der Waals surface area (Å²) in [4.78, 5) is 13.2. The lowest BCUT2D eigenvalue weighted by atomic mass is 10.1. The third kappa shape index (κ3) is 5.93.